The van der Waals surface area contributed by atoms with Crippen molar-refractivity contribution in [3.63, 3.8) is 0 Å². The Labute approximate surface area is 120 Å². The number of carboxylic acid groups (broad SMARTS) is 1. The second-order valence-electron chi connectivity index (χ2n) is 4.71. The summed E-state index contributed by atoms with van der Waals surface area (Å²) in [7, 11) is 0. The molecule has 1 N–H and O–H groups in total. The standard InChI is InChI=1S/C16H13NO2S/c1-10-6-7-11(8-12(10)16(18)19)9-15-17-13-4-2-3-5-14(13)20-15/h2-8H,9H2,1H3,(H,18,19). The molecule has 20 heavy (non-hydrogen) atoms. The van der Waals surface area contributed by atoms with Crippen molar-refractivity contribution in [1.82, 2.24) is 4.98 Å². The molecule has 2 aromatic carbocycles. The fourth-order valence-electron chi connectivity index (χ4n) is 2.18. The van der Waals surface area contributed by atoms with Gasteiger partial charge in [0.15, 0.2) is 0 Å². The molecule has 0 amide bonds. The van der Waals surface area contributed by atoms with Crippen molar-refractivity contribution in [2.75, 3.05) is 0 Å². The molecule has 3 rings (SSSR count). The highest BCUT2D eigenvalue weighted by Gasteiger charge is 2.10. The lowest BCUT2D eigenvalue weighted by Crippen LogP contribution is -2.01. The second kappa shape index (κ2) is 5.06. The Hall–Kier alpha value is -2.20. The van der Waals surface area contributed by atoms with E-state index in [0.29, 0.717) is 12.0 Å². The summed E-state index contributed by atoms with van der Waals surface area (Å²) in [6, 6.07) is 13.6. The maximum absolute atomic E-state index is 11.2. The molecule has 0 atom stereocenters. The van der Waals surface area contributed by atoms with Crippen molar-refractivity contribution in [1.29, 1.82) is 0 Å². The fraction of sp³-hybridized carbons (Fsp3) is 0.125. The normalized spacial score (nSPS) is 10.8. The minimum Gasteiger partial charge on any atom is -0.478 e. The second-order valence-corrected chi connectivity index (χ2v) is 5.82. The Morgan fingerprint density at radius 2 is 2.05 bits per heavy atom. The largest absolute Gasteiger partial charge is 0.478 e. The first kappa shape index (κ1) is 12.8. The first-order valence-electron chi connectivity index (χ1n) is 6.31. The lowest BCUT2D eigenvalue weighted by molar-refractivity contribution is 0.0696. The van der Waals surface area contributed by atoms with Gasteiger partial charge in [-0.2, -0.15) is 0 Å². The molecule has 0 radical (unpaired) electrons. The minimum absolute atomic E-state index is 0.364. The maximum atomic E-state index is 11.2. The zero-order valence-electron chi connectivity index (χ0n) is 11.0. The smallest absolute Gasteiger partial charge is 0.335 e. The van der Waals surface area contributed by atoms with E-state index in [4.69, 9.17) is 5.11 Å². The van der Waals surface area contributed by atoms with Crippen LogP contribution in [0.25, 0.3) is 10.2 Å². The van der Waals surface area contributed by atoms with Crippen molar-refractivity contribution in [2.24, 2.45) is 0 Å². The molecule has 1 aromatic heterocycles. The highest BCUT2D eigenvalue weighted by atomic mass is 32.1. The lowest BCUT2D eigenvalue weighted by Gasteiger charge is -2.04. The molecule has 3 nitrogen and oxygen atoms in total. The van der Waals surface area contributed by atoms with Gasteiger partial charge in [-0.15, -0.1) is 11.3 Å². The molecule has 4 heteroatoms. The number of nitrogens with zero attached hydrogens (tertiary/aromatic N) is 1. The summed E-state index contributed by atoms with van der Waals surface area (Å²) in [4.78, 5) is 15.7. The van der Waals surface area contributed by atoms with E-state index >= 15 is 0 Å². The van der Waals surface area contributed by atoms with Crippen LogP contribution in [0.2, 0.25) is 0 Å². The third-order valence-electron chi connectivity index (χ3n) is 3.23. The van der Waals surface area contributed by atoms with Crippen LogP contribution in [0.1, 0.15) is 26.5 Å². The Bertz CT molecular complexity index is 759. The van der Waals surface area contributed by atoms with Gasteiger partial charge in [-0.1, -0.05) is 24.3 Å². The van der Waals surface area contributed by atoms with E-state index in [1.54, 1.807) is 17.4 Å². The van der Waals surface area contributed by atoms with Gasteiger partial charge in [-0.05, 0) is 36.2 Å². The Morgan fingerprint density at radius 1 is 1.25 bits per heavy atom. The number of aromatic carboxylic acids is 1. The van der Waals surface area contributed by atoms with Crippen molar-refractivity contribution < 1.29 is 9.90 Å². The molecule has 0 saturated heterocycles. The molecular formula is C16H13NO2S. The number of carbonyl (C=O) groups is 1. The third-order valence-corrected chi connectivity index (χ3v) is 4.26. The summed E-state index contributed by atoms with van der Waals surface area (Å²) in [6.45, 7) is 1.81. The molecule has 0 bridgehead atoms. The number of thiazole rings is 1. The summed E-state index contributed by atoms with van der Waals surface area (Å²) < 4.78 is 1.16. The van der Waals surface area contributed by atoms with Crippen LogP contribution in [0.15, 0.2) is 42.5 Å². The number of carboxylic acids is 1. The molecule has 0 aliphatic rings. The molecule has 0 unspecified atom stereocenters. The van der Waals surface area contributed by atoms with Crippen LogP contribution in [0.5, 0.6) is 0 Å². The van der Waals surface area contributed by atoms with Crippen molar-refractivity contribution in [2.45, 2.75) is 13.3 Å². The molecule has 3 aromatic rings. The number of fused-ring (bicyclic) bond motifs is 1. The average molecular weight is 283 g/mol. The molecular weight excluding hydrogens is 270 g/mol. The topological polar surface area (TPSA) is 50.2 Å². The van der Waals surface area contributed by atoms with Crippen LogP contribution in [-0.2, 0) is 6.42 Å². The van der Waals surface area contributed by atoms with Gasteiger partial charge in [0.05, 0.1) is 20.8 Å². The molecule has 0 spiro atoms. The third kappa shape index (κ3) is 2.42. The zero-order chi connectivity index (χ0) is 14.1. The first-order chi connectivity index (χ1) is 9.63. The highest BCUT2D eigenvalue weighted by molar-refractivity contribution is 7.18. The van der Waals surface area contributed by atoms with Crippen LogP contribution >= 0.6 is 11.3 Å². The lowest BCUT2D eigenvalue weighted by atomic mass is 10.0. The molecule has 0 aliphatic heterocycles. The van der Waals surface area contributed by atoms with E-state index in [1.807, 2.05) is 43.3 Å². The van der Waals surface area contributed by atoms with Gasteiger partial charge >= 0.3 is 5.97 Å². The Kier molecular flexibility index (Phi) is 3.24. The van der Waals surface area contributed by atoms with Gasteiger partial charge in [0.1, 0.15) is 0 Å². The number of benzene rings is 2. The molecule has 1 heterocycles. The van der Waals surface area contributed by atoms with Crippen molar-refractivity contribution in [3.05, 3.63) is 64.2 Å². The SMILES string of the molecule is Cc1ccc(Cc2nc3ccccc3s2)cc1C(=O)O. The van der Waals surface area contributed by atoms with E-state index in [0.717, 1.165) is 26.4 Å². The van der Waals surface area contributed by atoms with E-state index in [2.05, 4.69) is 4.98 Å². The number of aryl methyl sites for hydroxylation is 1. The quantitative estimate of drug-likeness (QED) is 0.793. The summed E-state index contributed by atoms with van der Waals surface area (Å²) in [5, 5.41) is 10.2. The summed E-state index contributed by atoms with van der Waals surface area (Å²) in [5.74, 6) is -0.881. The number of hydrogen-bond acceptors (Lipinski definition) is 3. The van der Waals surface area contributed by atoms with Gasteiger partial charge in [0, 0.05) is 6.42 Å². The summed E-state index contributed by atoms with van der Waals surface area (Å²) in [5.41, 5.74) is 3.12. The minimum atomic E-state index is -0.881. The van der Waals surface area contributed by atoms with Crippen molar-refractivity contribution in [3.8, 4) is 0 Å². The van der Waals surface area contributed by atoms with Gasteiger partial charge in [0.25, 0.3) is 0 Å². The predicted octanol–water partition coefficient (Wildman–Crippen LogP) is 3.89. The first-order valence-corrected chi connectivity index (χ1v) is 7.12. The number of aromatic nitrogens is 1. The predicted molar refractivity (Wildman–Crippen MR) is 80.6 cm³/mol. The van der Waals surface area contributed by atoms with Gasteiger partial charge in [0.2, 0.25) is 0 Å². The van der Waals surface area contributed by atoms with Crippen molar-refractivity contribution >= 4 is 27.5 Å². The van der Waals surface area contributed by atoms with Gasteiger partial charge in [-0.25, -0.2) is 9.78 Å². The molecule has 0 fully saturated rings. The summed E-state index contributed by atoms with van der Waals surface area (Å²) >= 11 is 1.65. The number of hydrogen-bond donors (Lipinski definition) is 1. The Morgan fingerprint density at radius 3 is 2.80 bits per heavy atom. The average Bonchev–Trinajstić information content (AvgIpc) is 2.82. The van der Waals surface area contributed by atoms with Crippen LogP contribution in [0.3, 0.4) is 0 Å². The zero-order valence-corrected chi connectivity index (χ0v) is 11.8. The van der Waals surface area contributed by atoms with Crippen LogP contribution in [-0.4, -0.2) is 16.1 Å². The van der Waals surface area contributed by atoms with Gasteiger partial charge in [-0.3, -0.25) is 0 Å². The van der Waals surface area contributed by atoms with E-state index < -0.39 is 5.97 Å². The maximum Gasteiger partial charge on any atom is 0.335 e. The van der Waals surface area contributed by atoms with Gasteiger partial charge < -0.3 is 5.11 Å². The van der Waals surface area contributed by atoms with E-state index in [1.165, 1.54) is 0 Å². The number of para-hydroxylation sites is 1. The highest BCUT2D eigenvalue weighted by Crippen LogP contribution is 2.24. The van der Waals surface area contributed by atoms with E-state index in [9.17, 15) is 4.79 Å². The summed E-state index contributed by atoms with van der Waals surface area (Å²) in [6.07, 6.45) is 0.667. The van der Waals surface area contributed by atoms with Crippen LogP contribution < -0.4 is 0 Å². The van der Waals surface area contributed by atoms with Crippen LogP contribution in [0.4, 0.5) is 0 Å². The fourth-order valence-corrected chi connectivity index (χ4v) is 3.18. The van der Waals surface area contributed by atoms with Crippen LogP contribution in [0, 0.1) is 6.92 Å². The monoisotopic (exact) mass is 283 g/mol. The Balaban J connectivity index is 1.94. The molecule has 100 valence electrons. The molecule has 0 saturated carbocycles. The molecule has 0 aliphatic carbocycles. The number of rotatable bonds is 3. The van der Waals surface area contributed by atoms with E-state index in [-0.39, 0.29) is 0 Å².